The second kappa shape index (κ2) is 3.01. The minimum Gasteiger partial charge on any atom is -0.278 e. The van der Waals surface area contributed by atoms with Crippen LogP contribution >= 0.6 is 0 Å². The van der Waals surface area contributed by atoms with Crippen LogP contribution in [0, 0.1) is 12.7 Å². The molecule has 0 fully saturated rings. The number of H-pyrrole nitrogens is 1. The van der Waals surface area contributed by atoms with Crippen LogP contribution in [0.25, 0.3) is 11.3 Å². The Morgan fingerprint density at radius 3 is 2.85 bits per heavy atom. The molecule has 0 aliphatic heterocycles. The van der Waals surface area contributed by atoms with Gasteiger partial charge in [-0.15, -0.1) is 0 Å². The molecule has 66 valence electrons. The molecule has 0 amide bonds. The van der Waals surface area contributed by atoms with Gasteiger partial charge >= 0.3 is 0 Å². The van der Waals surface area contributed by atoms with Gasteiger partial charge in [0.15, 0.2) is 0 Å². The zero-order valence-electron chi connectivity index (χ0n) is 7.21. The highest BCUT2D eigenvalue weighted by Crippen LogP contribution is 2.21. The molecule has 0 aliphatic rings. The van der Waals surface area contributed by atoms with E-state index in [9.17, 15) is 4.39 Å². The first-order valence-electron chi connectivity index (χ1n) is 4.04. The van der Waals surface area contributed by atoms with Crippen LogP contribution in [0.5, 0.6) is 0 Å². The predicted octanol–water partition coefficient (Wildman–Crippen LogP) is 2.52. The van der Waals surface area contributed by atoms with Crippen LogP contribution in [0.4, 0.5) is 4.39 Å². The number of nitrogens with zero attached hydrogens (tertiary/aromatic N) is 1. The zero-order valence-corrected chi connectivity index (χ0v) is 7.21. The lowest BCUT2D eigenvalue weighted by Gasteiger charge is -2.01. The summed E-state index contributed by atoms with van der Waals surface area (Å²) in [6.45, 7) is 1.75. The van der Waals surface area contributed by atoms with E-state index in [-0.39, 0.29) is 5.82 Å². The van der Waals surface area contributed by atoms with Gasteiger partial charge in [-0.25, -0.2) is 4.39 Å². The molecule has 1 aromatic carbocycles. The normalized spacial score (nSPS) is 10.3. The van der Waals surface area contributed by atoms with E-state index in [1.807, 2.05) is 6.07 Å². The number of aryl methyl sites for hydroxylation is 1. The van der Waals surface area contributed by atoms with E-state index < -0.39 is 0 Å². The summed E-state index contributed by atoms with van der Waals surface area (Å²) in [5, 5.41) is 6.51. The number of hydrogen-bond donors (Lipinski definition) is 1. The molecule has 3 heteroatoms. The molecular weight excluding hydrogens is 167 g/mol. The Bertz CT molecular complexity index is 407. The van der Waals surface area contributed by atoms with Crippen molar-refractivity contribution in [1.82, 2.24) is 10.2 Å². The van der Waals surface area contributed by atoms with Gasteiger partial charge in [0.25, 0.3) is 0 Å². The highest BCUT2D eigenvalue weighted by Gasteiger charge is 2.06. The van der Waals surface area contributed by atoms with Gasteiger partial charge in [0.1, 0.15) is 5.82 Å². The summed E-state index contributed by atoms with van der Waals surface area (Å²) >= 11 is 0. The molecule has 0 saturated heterocycles. The second-order valence-electron chi connectivity index (χ2n) is 2.91. The SMILES string of the molecule is Cc1cccc(-c2ccn[nH]2)c1F. The summed E-state index contributed by atoms with van der Waals surface area (Å²) < 4.78 is 13.5. The molecular formula is C10H9FN2. The molecule has 2 nitrogen and oxygen atoms in total. The van der Waals surface area contributed by atoms with Crippen molar-refractivity contribution < 1.29 is 4.39 Å². The molecule has 1 heterocycles. The molecule has 2 rings (SSSR count). The second-order valence-corrected chi connectivity index (χ2v) is 2.91. The molecule has 0 radical (unpaired) electrons. The van der Waals surface area contributed by atoms with Crippen LogP contribution in [-0.2, 0) is 0 Å². The topological polar surface area (TPSA) is 28.7 Å². The van der Waals surface area contributed by atoms with Crippen LogP contribution in [0.15, 0.2) is 30.5 Å². The fourth-order valence-corrected chi connectivity index (χ4v) is 1.26. The van der Waals surface area contributed by atoms with Gasteiger partial charge in [-0.3, -0.25) is 5.10 Å². The van der Waals surface area contributed by atoms with E-state index in [2.05, 4.69) is 10.2 Å². The summed E-state index contributed by atoms with van der Waals surface area (Å²) in [4.78, 5) is 0. The standard InChI is InChI=1S/C10H9FN2/c1-7-3-2-4-8(10(7)11)9-5-6-12-13-9/h2-6H,1H3,(H,12,13). The molecule has 0 atom stereocenters. The van der Waals surface area contributed by atoms with Crippen molar-refractivity contribution in [3.05, 3.63) is 41.8 Å². The Balaban J connectivity index is 2.59. The third kappa shape index (κ3) is 1.33. The molecule has 1 aromatic heterocycles. The highest BCUT2D eigenvalue weighted by atomic mass is 19.1. The van der Waals surface area contributed by atoms with Crippen LogP contribution in [-0.4, -0.2) is 10.2 Å². The average Bonchev–Trinajstić information content (AvgIpc) is 2.62. The smallest absolute Gasteiger partial charge is 0.135 e. The fourth-order valence-electron chi connectivity index (χ4n) is 1.26. The van der Waals surface area contributed by atoms with Gasteiger partial charge < -0.3 is 0 Å². The zero-order chi connectivity index (χ0) is 9.26. The van der Waals surface area contributed by atoms with E-state index in [1.165, 1.54) is 0 Å². The Labute approximate surface area is 75.4 Å². The maximum atomic E-state index is 13.5. The van der Waals surface area contributed by atoms with E-state index in [0.29, 0.717) is 16.8 Å². The van der Waals surface area contributed by atoms with Gasteiger partial charge in [-0.05, 0) is 24.6 Å². The Hall–Kier alpha value is -1.64. The quantitative estimate of drug-likeness (QED) is 0.710. The van der Waals surface area contributed by atoms with Crippen molar-refractivity contribution in [3.8, 4) is 11.3 Å². The molecule has 2 aromatic rings. The van der Waals surface area contributed by atoms with Crippen molar-refractivity contribution in [3.63, 3.8) is 0 Å². The van der Waals surface area contributed by atoms with Gasteiger partial charge in [-0.2, -0.15) is 5.10 Å². The first-order valence-corrected chi connectivity index (χ1v) is 4.04. The third-order valence-corrected chi connectivity index (χ3v) is 1.98. The minimum atomic E-state index is -0.188. The van der Waals surface area contributed by atoms with Crippen molar-refractivity contribution in [2.75, 3.05) is 0 Å². The first-order chi connectivity index (χ1) is 6.29. The van der Waals surface area contributed by atoms with E-state index >= 15 is 0 Å². The predicted molar refractivity (Wildman–Crippen MR) is 48.7 cm³/mol. The molecule has 0 saturated carbocycles. The molecule has 0 aliphatic carbocycles. The summed E-state index contributed by atoms with van der Waals surface area (Å²) in [7, 11) is 0. The number of halogens is 1. The molecule has 0 unspecified atom stereocenters. The van der Waals surface area contributed by atoms with Crippen LogP contribution < -0.4 is 0 Å². The fraction of sp³-hybridized carbons (Fsp3) is 0.100. The molecule has 1 N–H and O–H groups in total. The van der Waals surface area contributed by atoms with Crippen LogP contribution in [0.1, 0.15) is 5.56 Å². The van der Waals surface area contributed by atoms with Crippen LogP contribution in [0.2, 0.25) is 0 Å². The maximum absolute atomic E-state index is 13.5. The number of benzene rings is 1. The van der Waals surface area contributed by atoms with Crippen molar-refractivity contribution in [2.45, 2.75) is 6.92 Å². The van der Waals surface area contributed by atoms with Crippen LogP contribution in [0.3, 0.4) is 0 Å². The monoisotopic (exact) mass is 176 g/mol. The Kier molecular flexibility index (Phi) is 1.85. The van der Waals surface area contributed by atoms with Gasteiger partial charge in [0.05, 0.1) is 5.69 Å². The number of aromatic nitrogens is 2. The third-order valence-electron chi connectivity index (χ3n) is 1.98. The Morgan fingerprint density at radius 2 is 2.15 bits per heavy atom. The van der Waals surface area contributed by atoms with Crippen molar-refractivity contribution in [1.29, 1.82) is 0 Å². The van der Waals surface area contributed by atoms with E-state index in [1.54, 1.807) is 31.3 Å². The lowest BCUT2D eigenvalue weighted by molar-refractivity contribution is 0.621. The molecule has 0 bridgehead atoms. The van der Waals surface area contributed by atoms with Crippen molar-refractivity contribution in [2.24, 2.45) is 0 Å². The van der Waals surface area contributed by atoms with E-state index in [0.717, 1.165) is 0 Å². The van der Waals surface area contributed by atoms with E-state index in [4.69, 9.17) is 0 Å². The number of hydrogen-bond acceptors (Lipinski definition) is 1. The summed E-state index contributed by atoms with van der Waals surface area (Å²) in [5.41, 5.74) is 1.92. The maximum Gasteiger partial charge on any atom is 0.135 e. The van der Waals surface area contributed by atoms with Gasteiger partial charge in [0, 0.05) is 11.8 Å². The summed E-state index contributed by atoms with van der Waals surface area (Å²) in [5.74, 6) is -0.188. The largest absolute Gasteiger partial charge is 0.278 e. The van der Waals surface area contributed by atoms with Crippen molar-refractivity contribution >= 4 is 0 Å². The summed E-state index contributed by atoms with van der Waals surface area (Å²) in [6.07, 6.45) is 1.61. The average molecular weight is 176 g/mol. The highest BCUT2D eigenvalue weighted by molar-refractivity contribution is 5.60. The number of rotatable bonds is 1. The Morgan fingerprint density at radius 1 is 1.31 bits per heavy atom. The lowest BCUT2D eigenvalue weighted by atomic mass is 10.1. The number of nitrogens with one attached hydrogen (secondary N) is 1. The minimum absolute atomic E-state index is 0.188. The summed E-state index contributed by atoms with van der Waals surface area (Å²) in [6, 6.07) is 7.05. The molecule has 0 spiro atoms. The molecule has 13 heavy (non-hydrogen) atoms. The first kappa shape index (κ1) is 7.98. The van der Waals surface area contributed by atoms with Gasteiger partial charge in [-0.1, -0.05) is 12.1 Å². The van der Waals surface area contributed by atoms with Gasteiger partial charge in [0.2, 0.25) is 0 Å². The number of aromatic amines is 1. The lowest BCUT2D eigenvalue weighted by Crippen LogP contribution is -1.87.